The molecule has 0 spiro atoms. The van der Waals surface area contributed by atoms with Crippen LogP contribution < -0.4 is 9.47 Å². The van der Waals surface area contributed by atoms with E-state index in [0.29, 0.717) is 36.9 Å². The summed E-state index contributed by atoms with van der Waals surface area (Å²) < 4.78 is 37.3. The molecule has 3 aromatic rings. The van der Waals surface area contributed by atoms with Gasteiger partial charge in [0.05, 0.1) is 32.8 Å². The number of ether oxygens (including phenoxy) is 4. The first-order valence-corrected chi connectivity index (χ1v) is 13.1. The van der Waals surface area contributed by atoms with E-state index in [9.17, 15) is 9.18 Å². The molecule has 1 aliphatic rings. The van der Waals surface area contributed by atoms with Crippen LogP contribution in [0.25, 0.3) is 11.1 Å². The van der Waals surface area contributed by atoms with Crippen molar-refractivity contribution >= 4 is 5.97 Å². The molecular formula is C32H37FO5. The van der Waals surface area contributed by atoms with E-state index in [2.05, 4.69) is 6.07 Å². The summed E-state index contributed by atoms with van der Waals surface area (Å²) in [6, 6.07) is 18.6. The summed E-state index contributed by atoms with van der Waals surface area (Å²) in [6.45, 7) is 6.66. The maximum atomic E-state index is 14.8. The number of carbonyl (C=O) groups excluding carboxylic acids is 1. The fourth-order valence-corrected chi connectivity index (χ4v) is 4.57. The van der Waals surface area contributed by atoms with Crippen molar-refractivity contribution in [2.24, 2.45) is 5.92 Å². The molecule has 202 valence electrons. The average Bonchev–Trinajstić information content (AvgIpc) is 3.75. The molecule has 0 radical (unpaired) electrons. The topological polar surface area (TPSA) is 54.0 Å². The van der Waals surface area contributed by atoms with Gasteiger partial charge in [0.1, 0.15) is 23.9 Å². The number of esters is 1. The van der Waals surface area contributed by atoms with Gasteiger partial charge in [0, 0.05) is 5.56 Å². The summed E-state index contributed by atoms with van der Waals surface area (Å²) in [4.78, 5) is 12.0. The first-order chi connectivity index (χ1) is 18.2. The minimum Gasteiger partial charge on any atom is -0.497 e. The maximum Gasteiger partial charge on any atom is 0.306 e. The third-order valence-corrected chi connectivity index (χ3v) is 6.79. The lowest BCUT2D eigenvalue weighted by atomic mass is 9.91. The van der Waals surface area contributed by atoms with Gasteiger partial charge in [-0.2, -0.15) is 0 Å². The Morgan fingerprint density at radius 1 is 0.947 bits per heavy atom. The molecule has 0 bridgehead atoms. The minimum atomic E-state index is -0.348. The maximum absolute atomic E-state index is 14.8. The van der Waals surface area contributed by atoms with Crippen LogP contribution in [0, 0.1) is 11.7 Å². The average molecular weight is 521 g/mol. The lowest BCUT2D eigenvalue weighted by Crippen LogP contribution is -2.19. The Kier molecular flexibility index (Phi) is 8.72. The SMILES string of the molecule is COC(=O)C[C@@H](c1cccc(OCc2ccc(-c3cc(OC)ccc3F)c(COC(C)(C)C)c2)c1)C1CC1. The Balaban J connectivity index is 1.55. The first kappa shape index (κ1) is 27.6. The van der Waals surface area contributed by atoms with Crippen LogP contribution in [0.3, 0.4) is 0 Å². The molecule has 5 nitrogen and oxygen atoms in total. The molecule has 0 N–H and O–H groups in total. The molecule has 0 aliphatic heterocycles. The Bertz CT molecular complexity index is 1260. The molecule has 38 heavy (non-hydrogen) atoms. The highest BCUT2D eigenvalue weighted by Gasteiger charge is 2.34. The van der Waals surface area contributed by atoms with Gasteiger partial charge in [-0.1, -0.05) is 24.3 Å². The van der Waals surface area contributed by atoms with Gasteiger partial charge in [-0.25, -0.2) is 4.39 Å². The molecule has 0 aromatic heterocycles. The van der Waals surface area contributed by atoms with Crippen molar-refractivity contribution in [2.45, 2.75) is 64.8 Å². The lowest BCUT2D eigenvalue weighted by molar-refractivity contribution is -0.141. The summed E-state index contributed by atoms with van der Waals surface area (Å²) in [5.41, 5.74) is 3.79. The van der Waals surface area contributed by atoms with E-state index in [-0.39, 0.29) is 23.3 Å². The standard InChI is InChI=1S/C32H37FO5/c1-32(2,3)38-20-24-15-21(9-13-27(24)29-17-25(35-4)12-14-30(29)33)19-37-26-8-6-7-23(16-26)28(22-10-11-22)18-31(34)36-5/h6-9,12-17,22,28H,10-11,18-20H2,1-5H3/t28-/m1/s1. The molecule has 1 fully saturated rings. The summed E-state index contributed by atoms with van der Waals surface area (Å²) in [5.74, 6) is 1.48. The third-order valence-electron chi connectivity index (χ3n) is 6.79. The fraction of sp³-hybridized carbons (Fsp3) is 0.406. The molecule has 0 amide bonds. The van der Waals surface area contributed by atoms with E-state index in [1.165, 1.54) is 13.2 Å². The third kappa shape index (κ3) is 7.35. The Hall–Kier alpha value is -3.38. The molecule has 6 heteroatoms. The summed E-state index contributed by atoms with van der Waals surface area (Å²) >= 11 is 0. The van der Waals surface area contributed by atoms with Crippen LogP contribution in [0.15, 0.2) is 60.7 Å². The Morgan fingerprint density at radius 3 is 2.42 bits per heavy atom. The number of benzene rings is 3. The van der Waals surface area contributed by atoms with E-state index in [0.717, 1.165) is 40.8 Å². The van der Waals surface area contributed by atoms with Crippen molar-refractivity contribution < 1.29 is 28.1 Å². The van der Waals surface area contributed by atoms with Crippen LogP contribution in [0.4, 0.5) is 4.39 Å². The zero-order valence-corrected chi connectivity index (χ0v) is 22.9. The van der Waals surface area contributed by atoms with E-state index in [1.54, 1.807) is 19.2 Å². The lowest BCUT2D eigenvalue weighted by Gasteiger charge is -2.22. The van der Waals surface area contributed by atoms with E-state index in [4.69, 9.17) is 18.9 Å². The highest BCUT2D eigenvalue weighted by molar-refractivity contribution is 5.71. The van der Waals surface area contributed by atoms with Crippen LogP contribution in [0.5, 0.6) is 11.5 Å². The molecule has 0 unspecified atom stereocenters. The van der Waals surface area contributed by atoms with Crippen molar-refractivity contribution in [1.29, 1.82) is 0 Å². The zero-order chi connectivity index (χ0) is 27.3. The number of methoxy groups -OCH3 is 2. The highest BCUT2D eigenvalue weighted by atomic mass is 19.1. The Labute approximate surface area is 224 Å². The highest BCUT2D eigenvalue weighted by Crippen LogP contribution is 2.45. The van der Waals surface area contributed by atoms with Gasteiger partial charge in [0.2, 0.25) is 0 Å². The van der Waals surface area contributed by atoms with Crippen LogP contribution in [-0.2, 0) is 27.5 Å². The number of hydrogen-bond donors (Lipinski definition) is 0. The molecule has 1 atom stereocenters. The van der Waals surface area contributed by atoms with Gasteiger partial charge in [-0.3, -0.25) is 4.79 Å². The van der Waals surface area contributed by atoms with Gasteiger partial charge < -0.3 is 18.9 Å². The Morgan fingerprint density at radius 2 is 1.74 bits per heavy atom. The predicted molar refractivity (Wildman–Crippen MR) is 146 cm³/mol. The largest absolute Gasteiger partial charge is 0.497 e. The predicted octanol–water partition coefficient (Wildman–Crippen LogP) is 7.45. The molecule has 4 rings (SSSR count). The van der Waals surface area contributed by atoms with Gasteiger partial charge in [0.15, 0.2) is 0 Å². The number of hydrogen-bond acceptors (Lipinski definition) is 5. The van der Waals surface area contributed by atoms with Crippen LogP contribution >= 0.6 is 0 Å². The summed E-state index contributed by atoms with van der Waals surface area (Å²) in [6.07, 6.45) is 2.64. The fourth-order valence-electron chi connectivity index (χ4n) is 4.57. The van der Waals surface area contributed by atoms with Crippen LogP contribution in [0.2, 0.25) is 0 Å². The van der Waals surface area contributed by atoms with Gasteiger partial charge >= 0.3 is 5.97 Å². The van der Waals surface area contributed by atoms with Crippen molar-refractivity contribution in [2.75, 3.05) is 14.2 Å². The number of carbonyl (C=O) groups is 1. The van der Waals surface area contributed by atoms with Crippen molar-refractivity contribution in [3.8, 4) is 22.6 Å². The molecule has 1 saturated carbocycles. The van der Waals surface area contributed by atoms with Crippen molar-refractivity contribution in [3.63, 3.8) is 0 Å². The summed E-state index contributed by atoms with van der Waals surface area (Å²) in [5, 5.41) is 0. The van der Waals surface area contributed by atoms with E-state index >= 15 is 0 Å². The monoisotopic (exact) mass is 520 g/mol. The van der Waals surface area contributed by atoms with Crippen LogP contribution in [0.1, 0.15) is 62.6 Å². The molecule has 3 aromatic carbocycles. The second kappa shape index (κ2) is 12.0. The molecular weight excluding hydrogens is 483 g/mol. The molecule has 0 heterocycles. The van der Waals surface area contributed by atoms with Gasteiger partial charge in [-0.15, -0.1) is 0 Å². The van der Waals surface area contributed by atoms with Crippen molar-refractivity contribution in [3.05, 3.63) is 83.2 Å². The van der Waals surface area contributed by atoms with E-state index in [1.807, 2.05) is 57.2 Å². The molecule has 1 aliphatic carbocycles. The zero-order valence-electron chi connectivity index (χ0n) is 22.9. The second-order valence-electron chi connectivity index (χ2n) is 10.8. The van der Waals surface area contributed by atoms with E-state index < -0.39 is 0 Å². The first-order valence-electron chi connectivity index (χ1n) is 13.1. The smallest absolute Gasteiger partial charge is 0.306 e. The second-order valence-corrected chi connectivity index (χ2v) is 10.8. The van der Waals surface area contributed by atoms with Gasteiger partial charge in [-0.05, 0) is 104 Å². The molecule has 0 saturated heterocycles. The number of halogens is 1. The van der Waals surface area contributed by atoms with Crippen molar-refractivity contribution in [1.82, 2.24) is 0 Å². The normalized spacial score (nSPS) is 14.2. The summed E-state index contributed by atoms with van der Waals surface area (Å²) in [7, 11) is 3.00. The number of rotatable bonds is 11. The van der Waals surface area contributed by atoms with Crippen LogP contribution in [-0.4, -0.2) is 25.8 Å². The van der Waals surface area contributed by atoms with Gasteiger partial charge in [0.25, 0.3) is 0 Å². The quantitative estimate of drug-likeness (QED) is 0.246. The minimum absolute atomic E-state index is 0.143.